The van der Waals surface area contributed by atoms with Gasteiger partial charge in [0.15, 0.2) is 0 Å². The fraction of sp³-hybridized carbons (Fsp3) is 0.350. The minimum atomic E-state index is -0.0341. The smallest absolute Gasteiger partial charge is 0.251 e. The Hall–Kier alpha value is -1.94. The molecule has 0 bridgehead atoms. The molecule has 0 unspecified atom stereocenters. The molecular formula is C20H25NO2S. The normalized spacial score (nSPS) is 10.4. The molecule has 1 amide bonds. The van der Waals surface area contributed by atoms with Gasteiger partial charge >= 0.3 is 0 Å². The summed E-state index contributed by atoms with van der Waals surface area (Å²) in [5.41, 5.74) is 3.28. The number of hydrogen-bond acceptors (Lipinski definition) is 3. The SMILES string of the molecule is CCCOc1ccc(C(=O)NCCSCc2cccc(C)c2)cc1. The Balaban J connectivity index is 1.67. The van der Waals surface area contributed by atoms with E-state index in [4.69, 9.17) is 4.74 Å². The quantitative estimate of drug-likeness (QED) is 0.684. The van der Waals surface area contributed by atoms with E-state index in [0.29, 0.717) is 18.7 Å². The second-order valence-electron chi connectivity index (χ2n) is 5.67. The number of benzene rings is 2. The van der Waals surface area contributed by atoms with Crippen LogP contribution < -0.4 is 10.1 Å². The lowest BCUT2D eigenvalue weighted by Crippen LogP contribution is -2.25. The summed E-state index contributed by atoms with van der Waals surface area (Å²) in [7, 11) is 0. The van der Waals surface area contributed by atoms with Gasteiger partial charge in [-0.25, -0.2) is 0 Å². The highest BCUT2D eigenvalue weighted by molar-refractivity contribution is 7.98. The van der Waals surface area contributed by atoms with Crippen molar-refractivity contribution in [2.45, 2.75) is 26.0 Å². The van der Waals surface area contributed by atoms with Crippen LogP contribution in [0.3, 0.4) is 0 Å². The first-order valence-corrected chi connectivity index (χ1v) is 9.49. The van der Waals surface area contributed by atoms with Gasteiger partial charge in [-0.3, -0.25) is 4.79 Å². The van der Waals surface area contributed by atoms with Crippen molar-refractivity contribution >= 4 is 17.7 Å². The third kappa shape index (κ3) is 6.28. The molecule has 24 heavy (non-hydrogen) atoms. The largest absolute Gasteiger partial charge is 0.494 e. The minimum Gasteiger partial charge on any atom is -0.494 e. The second kappa shape index (κ2) is 10.0. The van der Waals surface area contributed by atoms with Crippen LogP contribution in [0.1, 0.15) is 34.8 Å². The fourth-order valence-electron chi connectivity index (χ4n) is 2.25. The molecule has 0 saturated carbocycles. The first kappa shape index (κ1) is 18.4. The van der Waals surface area contributed by atoms with Crippen molar-refractivity contribution in [3.8, 4) is 5.75 Å². The maximum Gasteiger partial charge on any atom is 0.251 e. The molecule has 1 N–H and O–H groups in total. The van der Waals surface area contributed by atoms with Crippen LogP contribution in [0.5, 0.6) is 5.75 Å². The molecule has 0 fully saturated rings. The van der Waals surface area contributed by atoms with Crippen LogP contribution in [0, 0.1) is 6.92 Å². The standard InChI is InChI=1S/C20H25NO2S/c1-3-12-23-19-9-7-18(8-10-19)20(22)21-11-13-24-15-17-6-4-5-16(2)14-17/h4-10,14H,3,11-13,15H2,1-2H3,(H,21,22). The van der Waals surface area contributed by atoms with Crippen molar-refractivity contribution in [1.29, 1.82) is 0 Å². The van der Waals surface area contributed by atoms with Crippen LogP contribution in [0.4, 0.5) is 0 Å². The molecule has 0 radical (unpaired) electrons. The van der Waals surface area contributed by atoms with E-state index in [-0.39, 0.29) is 5.91 Å². The number of aryl methyl sites for hydroxylation is 1. The number of hydrogen-bond donors (Lipinski definition) is 1. The number of carbonyl (C=O) groups excluding carboxylic acids is 1. The van der Waals surface area contributed by atoms with Crippen molar-refractivity contribution < 1.29 is 9.53 Å². The zero-order chi connectivity index (χ0) is 17.2. The Morgan fingerprint density at radius 3 is 2.67 bits per heavy atom. The van der Waals surface area contributed by atoms with Gasteiger partial charge in [-0.1, -0.05) is 36.8 Å². The summed E-state index contributed by atoms with van der Waals surface area (Å²) in [6, 6.07) is 15.8. The molecule has 2 aromatic rings. The third-order valence-electron chi connectivity index (χ3n) is 3.47. The van der Waals surface area contributed by atoms with Gasteiger partial charge in [-0.05, 0) is 43.2 Å². The van der Waals surface area contributed by atoms with E-state index >= 15 is 0 Å². The number of thioether (sulfide) groups is 1. The van der Waals surface area contributed by atoms with Crippen molar-refractivity contribution in [2.75, 3.05) is 18.9 Å². The zero-order valence-corrected chi connectivity index (χ0v) is 15.2. The molecule has 0 spiro atoms. The van der Waals surface area contributed by atoms with E-state index < -0.39 is 0 Å². The number of rotatable bonds is 9. The molecule has 2 rings (SSSR count). The molecule has 4 heteroatoms. The molecule has 0 heterocycles. The first-order valence-electron chi connectivity index (χ1n) is 8.33. The third-order valence-corrected chi connectivity index (χ3v) is 4.50. The molecule has 0 saturated heterocycles. The average molecular weight is 343 g/mol. The van der Waals surface area contributed by atoms with E-state index in [2.05, 4.69) is 43.4 Å². The Bertz CT molecular complexity index is 640. The average Bonchev–Trinajstić information content (AvgIpc) is 2.60. The van der Waals surface area contributed by atoms with E-state index in [0.717, 1.165) is 23.7 Å². The summed E-state index contributed by atoms with van der Waals surface area (Å²) in [5, 5.41) is 2.96. The monoisotopic (exact) mass is 343 g/mol. The van der Waals surface area contributed by atoms with Gasteiger partial charge in [0, 0.05) is 23.6 Å². The van der Waals surface area contributed by atoms with Crippen molar-refractivity contribution in [2.24, 2.45) is 0 Å². The number of nitrogens with one attached hydrogen (secondary N) is 1. The van der Waals surface area contributed by atoms with Crippen LogP contribution in [0.2, 0.25) is 0 Å². The van der Waals surface area contributed by atoms with E-state index in [1.54, 1.807) is 12.1 Å². The summed E-state index contributed by atoms with van der Waals surface area (Å²) in [5.74, 6) is 2.65. The molecule has 0 aromatic heterocycles. The van der Waals surface area contributed by atoms with Gasteiger partial charge in [-0.15, -0.1) is 0 Å². The van der Waals surface area contributed by atoms with Gasteiger partial charge < -0.3 is 10.1 Å². The fourth-order valence-corrected chi connectivity index (χ4v) is 3.06. The maximum absolute atomic E-state index is 12.1. The van der Waals surface area contributed by atoms with Gasteiger partial charge in [0.1, 0.15) is 5.75 Å². The van der Waals surface area contributed by atoms with Crippen LogP contribution >= 0.6 is 11.8 Å². The predicted molar refractivity (Wildman–Crippen MR) is 102 cm³/mol. The summed E-state index contributed by atoms with van der Waals surface area (Å²) >= 11 is 1.83. The van der Waals surface area contributed by atoms with Gasteiger partial charge in [0.25, 0.3) is 5.91 Å². The number of carbonyl (C=O) groups is 1. The highest BCUT2D eigenvalue weighted by atomic mass is 32.2. The van der Waals surface area contributed by atoms with E-state index in [9.17, 15) is 4.79 Å². The molecule has 0 aliphatic rings. The van der Waals surface area contributed by atoms with Gasteiger partial charge in [0.2, 0.25) is 0 Å². The Kier molecular flexibility index (Phi) is 7.69. The Labute approximate surface area is 148 Å². The Morgan fingerprint density at radius 2 is 1.96 bits per heavy atom. The molecule has 2 aromatic carbocycles. The van der Waals surface area contributed by atoms with Crippen LogP contribution in [-0.4, -0.2) is 24.8 Å². The second-order valence-corrected chi connectivity index (χ2v) is 6.78. The summed E-state index contributed by atoms with van der Waals surface area (Å²) in [6.45, 7) is 5.54. The lowest BCUT2D eigenvalue weighted by Gasteiger charge is -2.07. The van der Waals surface area contributed by atoms with E-state index in [1.165, 1.54) is 11.1 Å². The molecule has 0 aliphatic carbocycles. The van der Waals surface area contributed by atoms with Gasteiger partial charge in [-0.2, -0.15) is 11.8 Å². The van der Waals surface area contributed by atoms with Crippen LogP contribution in [-0.2, 0) is 5.75 Å². The van der Waals surface area contributed by atoms with Crippen molar-refractivity contribution in [3.63, 3.8) is 0 Å². The summed E-state index contributed by atoms with van der Waals surface area (Å²) in [6.07, 6.45) is 0.975. The minimum absolute atomic E-state index is 0.0341. The predicted octanol–water partition coefficient (Wildman–Crippen LogP) is 4.45. The van der Waals surface area contributed by atoms with E-state index in [1.807, 2.05) is 23.9 Å². The lowest BCUT2D eigenvalue weighted by molar-refractivity contribution is 0.0956. The zero-order valence-electron chi connectivity index (χ0n) is 14.4. The van der Waals surface area contributed by atoms with Gasteiger partial charge in [0.05, 0.1) is 6.61 Å². The molecule has 128 valence electrons. The van der Waals surface area contributed by atoms with Crippen LogP contribution in [0.15, 0.2) is 48.5 Å². The first-order chi connectivity index (χ1) is 11.7. The van der Waals surface area contributed by atoms with Crippen LogP contribution in [0.25, 0.3) is 0 Å². The number of amides is 1. The summed E-state index contributed by atoms with van der Waals surface area (Å²) < 4.78 is 5.52. The molecule has 0 aliphatic heterocycles. The molecule has 3 nitrogen and oxygen atoms in total. The van der Waals surface area contributed by atoms with Crippen molar-refractivity contribution in [3.05, 3.63) is 65.2 Å². The number of ether oxygens (including phenoxy) is 1. The maximum atomic E-state index is 12.1. The Morgan fingerprint density at radius 1 is 1.17 bits per heavy atom. The van der Waals surface area contributed by atoms with Crippen molar-refractivity contribution in [1.82, 2.24) is 5.32 Å². The highest BCUT2D eigenvalue weighted by Crippen LogP contribution is 2.14. The molecular weight excluding hydrogens is 318 g/mol. The highest BCUT2D eigenvalue weighted by Gasteiger charge is 2.05. The lowest BCUT2D eigenvalue weighted by atomic mass is 10.2. The summed E-state index contributed by atoms with van der Waals surface area (Å²) in [4.78, 5) is 12.1. The topological polar surface area (TPSA) is 38.3 Å². The molecule has 0 atom stereocenters.